The van der Waals surface area contributed by atoms with E-state index < -0.39 is 0 Å². The predicted molar refractivity (Wildman–Crippen MR) is 112 cm³/mol. The van der Waals surface area contributed by atoms with E-state index in [9.17, 15) is 9.18 Å². The Balaban J connectivity index is 1.65. The first-order valence-corrected chi connectivity index (χ1v) is 10.7. The van der Waals surface area contributed by atoms with Gasteiger partial charge in [-0.05, 0) is 43.3 Å². The fraction of sp³-hybridized carbons (Fsp3) is 0.190. The fourth-order valence-corrected chi connectivity index (χ4v) is 4.18. The Labute approximate surface area is 172 Å². The maximum absolute atomic E-state index is 13.0. The molecule has 0 atom stereocenters. The SMILES string of the molecule is C=CCn1c(CSc2ccc(C)cc2)nnc1SCC(=O)c1ccc(F)cc1. The highest BCUT2D eigenvalue weighted by atomic mass is 32.2. The number of halogens is 1. The van der Waals surface area contributed by atoms with Crippen molar-refractivity contribution in [1.29, 1.82) is 0 Å². The van der Waals surface area contributed by atoms with Gasteiger partial charge >= 0.3 is 0 Å². The molecule has 0 spiro atoms. The number of thioether (sulfide) groups is 2. The van der Waals surface area contributed by atoms with E-state index >= 15 is 0 Å². The quantitative estimate of drug-likeness (QED) is 0.275. The van der Waals surface area contributed by atoms with Gasteiger partial charge in [-0.15, -0.1) is 28.5 Å². The first kappa shape index (κ1) is 20.4. The van der Waals surface area contributed by atoms with E-state index in [1.54, 1.807) is 17.8 Å². The molecule has 0 aliphatic rings. The largest absolute Gasteiger partial charge is 0.301 e. The minimum absolute atomic E-state index is 0.0752. The topological polar surface area (TPSA) is 47.8 Å². The van der Waals surface area contributed by atoms with Crippen LogP contribution in [0.2, 0.25) is 0 Å². The molecule has 0 radical (unpaired) electrons. The number of aryl methyl sites for hydroxylation is 1. The first-order valence-electron chi connectivity index (χ1n) is 8.71. The van der Waals surface area contributed by atoms with Crippen LogP contribution >= 0.6 is 23.5 Å². The van der Waals surface area contributed by atoms with E-state index in [0.29, 0.717) is 23.0 Å². The summed E-state index contributed by atoms with van der Waals surface area (Å²) < 4.78 is 15.0. The Kier molecular flexibility index (Phi) is 7.06. The normalized spacial score (nSPS) is 10.8. The number of rotatable bonds is 9. The van der Waals surface area contributed by atoms with Crippen LogP contribution in [0.5, 0.6) is 0 Å². The molecule has 0 fully saturated rings. The lowest BCUT2D eigenvalue weighted by Gasteiger charge is -2.08. The molecule has 4 nitrogen and oxygen atoms in total. The molecule has 3 aromatic rings. The molecule has 1 heterocycles. The summed E-state index contributed by atoms with van der Waals surface area (Å²) in [5, 5.41) is 9.21. The number of ketones is 1. The number of hydrogen-bond acceptors (Lipinski definition) is 5. The highest BCUT2D eigenvalue weighted by Crippen LogP contribution is 2.25. The van der Waals surface area contributed by atoms with Crippen LogP contribution in [0.15, 0.2) is 71.2 Å². The van der Waals surface area contributed by atoms with E-state index in [1.807, 2.05) is 4.57 Å². The summed E-state index contributed by atoms with van der Waals surface area (Å²) in [5.74, 6) is 1.30. The van der Waals surface area contributed by atoms with Crippen LogP contribution < -0.4 is 0 Å². The molecule has 7 heteroatoms. The summed E-state index contributed by atoms with van der Waals surface area (Å²) in [6.07, 6.45) is 1.79. The Morgan fingerprint density at radius 3 is 2.50 bits per heavy atom. The average molecular weight is 414 g/mol. The Hall–Kier alpha value is -2.38. The smallest absolute Gasteiger partial charge is 0.191 e. The van der Waals surface area contributed by atoms with Gasteiger partial charge in [-0.1, -0.05) is 35.5 Å². The number of benzene rings is 2. The molecule has 28 heavy (non-hydrogen) atoms. The fourth-order valence-electron chi connectivity index (χ4n) is 2.48. The lowest BCUT2D eigenvalue weighted by Crippen LogP contribution is -2.06. The van der Waals surface area contributed by atoms with Crippen LogP contribution in [-0.2, 0) is 12.3 Å². The van der Waals surface area contributed by atoms with Gasteiger partial charge in [0.15, 0.2) is 10.9 Å². The molecule has 0 saturated carbocycles. The molecule has 0 aliphatic carbocycles. The lowest BCUT2D eigenvalue weighted by atomic mass is 10.1. The third-order valence-electron chi connectivity index (χ3n) is 3.99. The molecular weight excluding hydrogens is 393 g/mol. The molecular formula is C21H20FN3OS2. The molecule has 0 unspecified atom stereocenters. The minimum atomic E-state index is -0.356. The van der Waals surface area contributed by atoms with Gasteiger partial charge in [-0.2, -0.15) is 0 Å². The second-order valence-corrected chi connectivity index (χ2v) is 8.11. The number of aromatic nitrogens is 3. The Bertz CT molecular complexity index is 953. The molecule has 2 aromatic carbocycles. The van der Waals surface area contributed by atoms with Gasteiger partial charge in [0, 0.05) is 17.0 Å². The predicted octanol–water partition coefficient (Wildman–Crippen LogP) is 5.18. The van der Waals surface area contributed by atoms with E-state index in [2.05, 4.69) is 48.0 Å². The van der Waals surface area contributed by atoms with Crippen molar-refractivity contribution in [3.63, 3.8) is 0 Å². The third-order valence-corrected chi connectivity index (χ3v) is 5.97. The number of carbonyl (C=O) groups excluding carboxylic acids is 1. The Morgan fingerprint density at radius 2 is 1.82 bits per heavy atom. The Morgan fingerprint density at radius 1 is 1.11 bits per heavy atom. The van der Waals surface area contributed by atoms with Crippen LogP contribution in [-0.4, -0.2) is 26.3 Å². The highest BCUT2D eigenvalue weighted by molar-refractivity contribution is 7.99. The number of nitrogens with zero attached hydrogens (tertiary/aromatic N) is 3. The number of hydrogen-bond donors (Lipinski definition) is 0. The maximum atomic E-state index is 13.0. The molecule has 0 amide bonds. The van der Waals surface area contributed by atoms with E-state index in [1.165, 1.54) is 46.5 Å². The maximum Gasteiger partial charge on any atom is 0.191 e. The summed E-state index contributed by atoms with van der Waals surface area (Å²) in [6.45, 7) is 6.44. The average Bonchev–Trinajstić information content (AvgIpc) is 3.08. The third kappa shape index (κ3) is 5.33. The van der Waals surface area contributed by atoms with Crippen molar-refractivity contribution in [1.82, 2.24) is 14.8 Å². The van der Waals surface area contributed by atoms with Crippen LogP contribution in [0.25, 0.3) is 0 Å². The van der Waals surface area contributed by atoms with Crippen molar-refractivity contribution in [2.45, 2.75) is 29.3 Å². The van der Waals surface area contributed by atoms with Crippen molar-refractivity contribution < 1.29 is 9.18 Å². The van der Waals surface area contributed by atoms with Gasteiger partial charge in [0.25, 0.3) is 0 Å². The highest BCUT2D eigenvalue weighted by Gasteiger charge is 2.14. The molecule has 0 saturated heterocycles. The molecule has 1 aromatic heterocycles. The van der Waals surface area contributed by atoms with Gasteiger partial charge in [0.05, 0.1) is 11.5 Å². The van der Waals surface area contributed by atoms with Crippen molar-refractivity contribution in [2.75, 3.05) is 5.75 Å². The summed E-state index contributed by atoms with van der Waals surface area (Å²) in [7, 11) is 0. The standard InChI is InChI=1S/C21H20FN3OS2/c1-3-12-25-20(14-27-18-10-4-15(2)5-11-18)23-24-21(25)28-13-19(26)16-6-8-17(22)9-7-16/h3-11H,1,12-14H2,2H3. The van der Waals surface area contributed by atoms with E-state index in [0.717, 1.165) is 5.82 Å². The van der Waals surface area contributed by atoms with Gasteiger partial charge in [0.2, 0.25) is 0 Å². The van der Waals surface area contributed by atoms with Crippen LogP contribution in [0.3, 0.4) is 0 Å². The number of Topliss-reactive ketones (excluding diaryl/α,β-unsaturated/α-hetero) is 1. The monoisotopic (exact) mass is 413 g/mol. The number of carbonyl (C=O) groups is 1. The van der Waals surface area contributed by atoms with Gasteiger partial charge < -0.3 is 4.57 Å². The summed E-state index contributed by atoms with van der Waals surface area (Å²) >= 11 is 3.02. The summed E-state index contributed by atoms with van der Waals surface area (Å²) in [5.41, 5.74) is 1.71. The summed E-state index contributed by atoms with van der Waals surface area (Å²) in [6, 6.07) is 13.9. The molecule has 0 aliphatic heterocycles. The molecule has 3 rings (SSSR count). The lowest BCUT2D eigenvalue weighted by molar-refractivity contribution is 0.102. The number of allylic oxidation sites excluding steroid dienone is 1. The van der Waals surface area contributed by atoms with E-state index in [-0.39, 0.29) is 17.4 Å². The zero-order chi connectivity index (χ0) is 19.9. The van der Waals surface area contributed by atoms with Gasteiger partial charge in [-0.25, -0.2) is 4.39 Å². The van der Waals surface area contributed by atoms with Crippen molar-refractivity contribution in [2.24, 2.45) is 0 Å². The van der Waals surface area contributed by atoms with Crippen molar-refractivity contribution in [3.05, 3.63) is 84.0 Å². The van der Waals surface area contributed by atoms with E-state index in [4.69, 9.17) is 0 Å². The van der Waals surface area contributed by atoms with Crippen molar-refractivity contribution in [3.8, 4) is 0 Å². The molecule has 0 bridgehead atoms. The zero-order valence-electron chi connectivity index (χ0n) is 15.5. The summed E-state index contributed by atoms with van der Waals surface area (Å²) in [4.78, 5) is 13.5. The molecule has 0 N–H and O–H groups in total. The minimum Gasteiger partial charge on any atom is -0.301 e. The zero-order valence-corrected chi connectivity index (χ0v) is 17.1. The van der Waals surface area contributed by atoms with Crippen molar-refractivity contribution >= 4 is 29.3 Å². The van der Waals surface area contributed by atoms with Crippen LogP contribution in [0.1, 0.15) is 21.7 Å². The second kappa shape index (κ2) is 9.71. The molecule has 144 valence electrons. The first-order chi connectivity index (χ1) is 13.6. The van der Waals surface area contributed by atoms with Crippen LogP contribution in [0, 0.1) is 12.7 Å². The van der Waals surface area contributed by atoms with Gasteiger partial charge in [0.1, 0.15) is 11.6 Å². The van der Waals surface area contributed by atoms with Gasteiger partial charge in [-0.3, -0.25) is 4.79 Å². The second-order valence-electron chi connectivity index (χ2n) is 6.12. The van der Waals surface area contributed by atoms with Crippen LogP contribution in [0.4, 0.5) is 4.39 Å².